The molecule has 5 aromatic rings. The maximum absolute atomic E-state index is 13.3. The van der Waals surface area contributed by atoms with E-state index < -0.39 is 17.9 Å². The summed E-state index contributed by atoms with van der Waals surface area (Å²) in [6.45, 7) is 9.58. The summed E-state index contributed by atoms with van der Waals surface area (Å²) < 4.78 is 28.1. The quantitative estimate of drug-likeness (QED) is 0.0271. The minimum atomic E-state index is -0.583. The maximum Gasteiger partial charge on any atom is 0.343 e. The molecule has 9 nitrogen and oxygen atoms in total. The first-order valence-electron chi connectivity index (χ1n) is 17.7. The second kappa shape index (κ2) is 18.9. The van der Waals surface area contributed by atoms with Crippen LogP contribution in [0.5, 0.6) is 28.7 Å². The van der Waals surface area contributed by atoms with Crippen molar-refractivity contribution in [1.82, 2.24) is 0 Å². The van der Waals surface area contributed by atoms with E-state index in [0.29, 0.717) is 42.3 Å². The first-order chi connectivity index (χ1) is 25.8. The first-order valence-corrected chi connectivity index (χ1v) is 17.7. The predicted molar refractivity (Wildman–Crippen MR) is 204 cm³/mol. The lowest BCUT2D eigenvalue weighted by atomic mass is 10.00. The van der Waals surface area contributed by atoms with Crippen LogP contribution in [0.1, 0.15) is 72.6 Å². The van der Waals surface area contributed by atoms with Crippen molar-refractivity contribution in [3.63, 3.8) is 0 Å². The fourth-order valence-electron chi connectivity index (χ4n) is 5.71. The molecule has 0 saturated heterocycles. The lowest BCUT2D eigenvalue weighted by Crippen LogP contribution is -2.11. The molecule has 272 valence electrons. The smallest absolute Gasteiger partial charge is 0.343 e. The van der Waals surface area contributed by atoms with Crippen molar-refractivity contribution < 1.29 is 42.9 Å². The molecule has 5 aromatic carbocycles. The van der Waals surface area contributed by atoms with Crippen LogP contribution in [0.3, 0.4) is 0 Å². The summed E-state index contributed by atoms with van der Waals surface area (Å²) in [4.78, 5) is 49.0. The summed E-state index contributed by atoms with van der Waals surface area (Å²) in [6, 6.07) is 25.7. The van der Waals surface area contributed by atoms with Gasteiger partial charge in [0.05, 0.1) is 24.3 Å². The maximum atomic E-state index is 13.3. The summed E-state index contributed by atoms with van der Waals surface area (Å²) in [5.74, 6) is 0.153. The number of carbonyl (C=O) groups is 4. The molecule has 0 spiro atoms. The number of allylic oxidation sites excluding steroid dienone is 1. The fourth-order valence-corrected chi connectivity index (χ4v) is 5.71. The van der Waals surface area contributed by atoms with E-state index in [2.05, 4.69) is 13.2 Å². The molecule has 0 fully saturated rings. The second-order valence-corrected chi connectivity index (χ2v) is 12.2. The van der Waals surface area contributed by atoms with Crippen molar-refractivity contribution in [3.8, 4) is 28.7 Å². The van der Waals surface area contributed by atoms with E-state index in [9.17, 15) is 19.2 Å². The number of unbranched alkanes of at least 4 members (excludes halogenated alkanes) is 5. The van der Waals surface area contributed by atoms with E-state index in [-0.39, 0.29) is 23.0 Å². The van der Waals surface area contributed by atoms with Gasteiger partial charge in [-0.05, 0) is 108 Å². The number of ether oxygens (including phenoxy) is 5. The Kier molecular flexibility index (Phi) is 13.5. The van der Waals surface area contributed by atoms with E-state index >= 15 is 0 Å². The van der Waals surface area contributed by atoms with Crippen LogP contribution < -0.4 is 23.7 Å². The average molecular weight is 715 g/mol. The van der Waals surface area contributed by atoms with E-state index in [1.54, 1.807) is 55.5 Å². The van der Waals surface area contributed by atoms with Gasteiger partial charge in [0.1, 0.15) is 17.2 Å². The van der Waals surface area contributed by atoms with Gasteiger partial charge in [0, 0.05) is 18.6 Å². The Morgan fingerprint density at radius 3 is 1.87 bits per heavy atom. The molecule has 0 atom stereocenters. The third kappa shape index (κ3) is 10.6. The van der Waals surface area contributed by atoms with Crippen LogP contribution in [-0.2, 0) is 9.59 Å². The zero-order valence-corrected chi connectivity index (χ0v) is 29.8. The minimum Gasteiger partial charge on any atom is -0.494 e. The monoisotopic (exact) mass is 714 g/mol. The molecule has 0 aliphatic carbocycles. The van der Waals surface area contributed by atoms with Gasteiger partial charge in [-0.2, -0.15) is 0 Å². The van der Waals surface area contributed by atoms with E-state index in [1.807, 2.05) is 24.3 Å². The molecule has 0 unspecified atom stereocenters. The Morgan fingerprint density at radius 2 is 1.15 bits per heavy atom. The lowest BCUT2D eigenvalue weighted by molar-refractivity contribution is -0.129. The van der Waals surface area contributed by atoms with Gasteiger partial charge in [-0.3, -0.25) is 4.79 Å². The number of ketones is 1. The molecule has 5 rings (SSSR count). The summed E-state index contributed by atoms with van der Waals surface area (Å²) in [5.41, 5.74) is 0.685. The van der Waals surface area contributed by atoms with E-state index in [4.69, 9.17) is 23.7 Å². The highest BCUT2D eigenvalue weighted by Crippen LogP contribution is 2.34. The topological polar surface area (TPSA) is 114 Å². The number of hydrogen-bond acceptors (Lipinski definition) is 9. The molecular weight excluding hydrogens is 672 g/mol. The average Bonchev–Trinajstić information content (AvgIpc) is 3.17. The third-order valence-electron chi connectivity index (χ3n) is 8.46. The van der Waals surface area contributed by atoms with E-state index in [0.717, 1.165) is 66.1 Å². The largest absolute Gasteiger partial charge is 0.494 e. The molecular formula is C44H42O9. The zero-order valence-electron chi connectivity index (χ0n) is 29.8. The van der Waals surface area contributed by atoms with Crippen LogP contribution in [0, 0.1) is 0 Å². The second-order valence-electron chi connectivity index (χ2n) is 12.2. The number of benzene rings is 5. The number of fused-ring (bicyclic) bond motifs is 3. The Labute approximate surface area is 308 Å². The van der Waals surface area contributed by atoms with Crippen LogP contribution in [0.2, 0.25) is 0 Å². The van der Waals surface area contributed by atoms with Gasteiger partial charge in [0.2, 0.25) is 0 Å². The number of carbonyl (C=O) groups excluding carboxylic acids is 4. The Bertz CT molecular complexity index is 2110. The molecule has 0 radical (unpaired) electrons. The highest BCUT2D eigenvalue weighted by molar-refractivity contribution is 6.09. The molecule has 0 aliphatic rings. The van der Waals surface area contributed by atoms with Crippen molar-refractivity contribution in [2.24, 2.45) is 0 Å². The molecule has 0 bridgehead atoms. The van der Waals surface area contributed by atoms with Crippen LogP contribution in [0.25, 0.3) is 21.5 Å². The molecule has 0 heterocycles. The Hall–Kier alpha value is -6.22. The number of esters is 3. The summed E-state index contributed by atoms with van der Waals surface area (Å²) in [7, 11) is 0. The van der Waals surface area contributed by atoms with Crippen LogP contribution in [0.15, 0.2) is 116 Å². The molecule has 0 N–H and O–H groups in total. The Morgan fingerprint density at radius 1 is 0.547 bits per heavy atom. The third-order valence-corrected chi connectivity index (χ3v) is 8.46. The van der Waals surface area contributed by atoms with Gasteiger partial charge in [0.25, 0.3) is 0 Å². The molecule has 0 aliphatic heterocycles. The molecule has 9 heteroatoms. The highest BCUT2D eigenvalue weighted by atomic mass is 16.6. The summed E-state index contributed by atoms with van der Waals surface area (Å²) >= 11 is 0. The molecule has 53 heavy (non-hydrogen) atoms. The standard InChI is InChI=1S/C44H42O9/c1-4-34(45)13-11-9-7-8-10-12-26-50-35-19-16-30(17-20-35)43(47)52-37-22-25-40(41(29-37)49-6-3)53-44(48)33-18-23-38-31(27-33)14-15-32-28-36(21-24-39(32)38)51-42(46)5-2/h4-5,14-25,27-29H,1-2,6-13,26H2,3H3. The van der Waals surface area contributed by atoms with Gasteiger partial charge >= 0.3 is 17.9 Å². The Balaban J connectivity index is 1.14. The number of rotatable bonds is 19. The van der Waals surface area contributed by atoms with Crippen molar-refractivity contribution in [1.29, 1.82) is 0 Å². The van der Waals surface area contributed by atoms with Crippen LogP contribution in [-0.4, -0.2) is 36.9 Å². The zero-order chi connectivity index (χ0) is 37.6. The minimum absolute atomic E-state index is 0.103. The van der Waals surface area contributed by atoms with Crippen molar-refractivity contribution in [3.05, 3.63) is 127 Å². The normalized spacial score (nSPS) is 10.7. The number of hydrogen-bond donors (Lipinski definition) is 0. The van der Waals surface area contributed by atoms with Gasteiger partial charge < -0.3 is 23.7 Å². The lowest BCUT2D eigenvalue weighted by Gasteiger charge is -2.13. The van der Waals surface area contributed by atoms with Crippen LogP contribution in [0.4, 0.5) is 0 Å². The molecule has 0 saturated carbocycles. The fraction of sp³-hybridized carbons (Fsp3) is 0.227. The highest BCUT2D eigenvalue weighted by Gasteiger charge is 2.17. The van der Waals surface area contributed by atoms with Crippen molar-refractivity contribution in [2.75, 3.05) is 13.2 Å². The summed E-state index contributed by atoms with van der Waals surface area (Å²) in [5, 5.41) is 3.54. The summed E-state index contributed by atoms with van der Waals surface area (Å²) in [6.07, 6.45) is 9.15. The molecule has 0 amide bonds. The van der Waals surface area contributed by atoms with E-state index in [1.165, 1.54) is 24.3 Å². The first kappa shape index (κ1) is 38.0. The van der Waals surface area contributed by atoms with Gasteiger partial charge in [-0.15, -0.1) is 0 Å². The van der Waals surface area contributed by atoms with Crippen LogP contribution >= 0.6 is 0 Å². The van der Waals surface area contributed by atoms with Crippen molar-refractivity contribution >= 4 is 45.2 Å². The van der Waals surface area contributed by atoms with Gasteiger partial charge in [-0.1, -0.05) is 63.1 Å². The predicted octanol–water partition coefficient (Wildman–Crippen LogP) is 9.79. The van der Waals surface area contributed by atoms with Gasteiger partial charge in [-0.25, -0.2) is 14.4 Å². The van der Waals surface area contributed by atoms with Gasteiger partial charge in [0.15, 0.2) is 17.3 Å². The van der Waals surface area contributed by atoms with Crippen molar-refractivity contribution in [2.45, 2.75) is 51.9 Å². The SMILES string of the molecule is C=CC(=O)CCCCCCCCOc1ccc(C(=O)Oc2ccc(OC(=O)c3ccc4c(ccc5cc(OC(=O)C=C)ccc54)c3)c(OCC)c2)cc1. The molecule has 0 aromatic heterocycles.